The first-order valence-corrected chi connectivity index (χ1v) is 6.51. The van der Waals surface area contributed by atoms with Crippen molar-refractivity contribution in [2.75, 3.05) is 0 Å². The summed E-state index contributed by atoms with van der Waals surface area (Å²) in [6, 6.07) is 5.16. The zero-order valence-corrected chi connectivity index (χ0v) is 11.5. The Bertz CT molecular complexity index is 542. The smallest absolute Gasteiger partial charge is 0.164 e. The zero-order valence-electron chi connectivity index (χ0n) is 10.7. The van der Waals surface area contributed by atoms with Gasteiger partial charge in [-0.25, -0.2) is 9.67 Å². The van der Waals surface area contributed by atoms with Crippen LogP contribution in [0.4, 0.5) is 0 Å². The van der Waals surface area contributed by atoms with Crippen molar-refractivity contribution in [3.8, 4) is 5.75 Å². The fourth-order valence-corrected chi connectivity index (χ4v) is 1.95. The van der Waals surface area contributed by atoms with Gasteiger partial charge in [0.25, 0.3) is 0 Å². The molecular formula is C13H16ClN3O2. The molecule has 0 saturated heterocycles. The fourth-order valence-electron chi connectivity index (χ4n) is 1.75. The van der Waals surface area contributed by atoms with Gasteiger partial charge >= 0.3 is 0 Å². The SMILES string of the molecule is CCCn1ncnc1COc1ccc(Cl)cc1CO. The zero-order chi connectivity index (χ0) is 13.7. The van der Waals surface area contributed by atoms with Gasteiger partial charge in [-0.2, -0.15) is 5.10 Å². The van der Waals surface area contributed by atoms with Gasteiger partial charge in [0.05, 0.1) is 6.61 Å². The number of hydrogen-bond acceptors (Lipinski definition) is 4. The van der Waals surface area contributed by atoms with Crippen LogP contribution in [-0.4, -0.2) is 19.9 Å². The summed E-state index contributed by atoms with van der Waals surface area (Å²) < 4.78 is 7.49. The van der Waals surface area contributed by atoms with Gasteiger partial charge in [-0.05, 0) is 24.6 Å². The second-order valence-electron chi connectivity index (χ2n) is 4.10. The number of aryl methyl sites for hydroxylation is 1. The van der Waals surface area contributed by atoms with E-state index in [0.717, 1.165) is 18.8 Å². The van der Waals surface area contributed by atoms with E-state index in [1.165, 1.54) is 6.33 Å². The molecule has 1 aromatic carbocycles. The highest BCUT2D eigenvalue weighted by molar-refractivity contribution is 6.30. The molecule has 6 heteroatoms. The van der Waals surface area contributed by atoms with Crippen LogP contribution in [0.2, 0.25) is 5.02 Å². The number of aliphatic hydroxyl groups excluding tert-OH is 1. The van der Waals surface area contributed by atoms with Crippen LogP contribution in [0.5, 0.6) is 5.75 Å². The second-order valence-corrected chi connectivity index (χ2v) is 4.53. The Morgan fingerprint density at radius 3 is 3.00 bits per heavy atom. The van der Waals surface area contributed by atoms with Crippen LogP contribution < -0.4 is 4.74 Å². The Balaban J connectivity index is 2.07. The summed E-state index contributed by atoms with van der Waals surface area (Å²) >= 11 is 5.87. The van der Waals surface area contributed by atoms with Crippen molar-refractivity contribution in [2.45, 2.75) is 33.1 Å². The third kappa shape index (κ3) is 3.45. The van der Waals surface area contributed by atoms with Crippen LogP contribution in [-0.2, 0) is 19.8 Å². The molecule has 0 aliphatic heterocycles. The molecule has 1 heterocycles. The van der Waals surface area contributed by atoms with Gasteiger partial charge in [0.15, 0.2) is 5.82 Å². The molecule has 0 bridgehead atoms. The highest BCUT2D eigenvalue weighted by atomic mass is 35.5. The number of nitrogens with zero attached hydrogens (tertiary/aromatic N) is 3. The van der Waals surface area contributed by atoms with Crippen molar-refractivity contribution < 1.29 is 9.84 Å². The largest absolute Gasteiger partial charge is 0.485 e. The summed E-state index contributed by atoms with van der Waals surface area (Å²) in [5.74, 6) is 1.37. The molecule has 0 aliphatic carbocycles. The monoisotopic (exact) mass is 281 g/mol. The van der Waals surface area contributed by atoms with E-state index in [9.17, 15) is 5.11 Å². The van der Waals surface area contributed by atoms with Gasteiger partial charge in [-0.1, -0.05) is 18.5 Å². The van der Waals surface area contributed by atoms with Crippen LogP contribution in [0.15, 0.2) is 24.5 Å². The van der Waals surface area contributed by atoms with Crippen molar-refractivity contribution in [1.29, 1.82) is 0 Å². The van der Waals surface area contributed by atoms with E-state index < -0.39 is 0 Å². The van der Waals surface area contributed by atoms with Gasteiger partial charge < -0.3 is 9.84 Å². The predicted molar refractivity (Wildman–Crippen MR) is 72.0 cm³/mol. The van der Waals surface area contributed by atoms with Crippen molar-refractivity contribution in [3.63, 3.8) is 0 Å². The normalized spacial score (nSPS) is 10.7. The maximum Gasteiger partial charge on any atom is 0.164 e. The molecule has 1 aromatic heterocycles. The standard InChI is InChI=1S/C13H16ClN3O2/c1-2-5-17-13(15-9-16-17)8-19-12-4-3-11(14)6-10(12)7-18/h3-4,6,9,18H,2,5,7-8H2,1H3. The van der Waals surface area contributed by atoms with E-state index in [1.54, 1.807) is 18.2 Å². The molecule has 5 nitrogen and oxygen atoms in total. The number of benzene rings is 1. The Morgan fingerprint density at radius 1 is 1.42 bits per heavy atom. The van der Waals surface area contributed by atoms with E-state index in [0.29, 0.717) is 22.9 Å². The molecule has 0 atom stereocenters. The van der Waals surface area contributed by atoms with E-state index in [1.807, 2.05) is 4.68 Å². The quantitative estimate of drug-likeness (QED) is 0.883. The lowest BCUT2D eigenvalue weighted by atomic mass is 10.2. The number of hydrogen-bond donors (Lipinski definition) is 1. The minimum absolute atomic E-state index is 0.114. The van der Waals surface area contributed by atoms with Crippen molar-refractivity contribution in [1.82, 2.24) is 14.8 Å². The summed E-state index contributed by atoms with van der Waals surface area (Å²) in [5.41, 5.74) is 0.661. The number of halogens is 1. The topological polar surface area (TPSA) is 60.2 Å². The van der Waals surface area contributed by atoms with Crippen LogP contribution in [0.1, 0.15) is 24.7 Å². The minimum Gasteiger partial charge on any atom is -0.485 e. The van der Waals surface area contributed by atoms with Crippen molar-refractivity contribution in [3.05, 3.63) is 40.9 Å². The van der Waals surface area contributed by atoms with Crippen molar-refractivity contribution in [2.24, 2.45) is 0 Å². The second kappa shape index (κ2) is 6.54. The van der Waals surface area contributed by atoms with Crippen LogP contribution in [0.25, 0.3) is 0 Å². The minimum atomic E-state index is -0.114. The maximum atomic E-state index is 9.27. The highest BCUT2D eigenvalue weighted by Crippen LogP contribution is 2.23. The molecule has 0 saturated carbocycles. The average molecular weight is 282 g/mol. The first-order valence-electron chi connectivity index (χ1n) is 6.13. The lowest BCUT2D eigenvalue weighted by Gasteiger charge is -2.10. The molecule has 2 aromatic rings. The predicted octanol–water partition coefficient (Wildman–Crippen LogP) is 2.41. The summed E-state index contributed by atoms with van der Waals surface area (Å²) in [5, 5.41) is 14.0. The number of ether oxygens (including phenoxy) is 1. The molecule has 19 heavy (non-hydrogen) atoms. The molecule has 0 unspecified atom stereocenters. The summed E-state index contributed by atoms with van der Waals surface area (Å²) in [7, 11) is 0. The Kier molecular flexibility index (Phi) is 4.76. The van der Waals surface area contributed by atoms with Gasteiger partial charge in [0, 0.05) is 17.1 Å². The maximum absolute atomic E-state index is 9.27. The molecule has 0 amide bonds. The lowest BCUT2D eigenvalue weighted by molar-refractivity contribution is 0.252. The summed E-state index contributed by atoms with van der Waals surface area (Å²) in [6.07, 6.45) is 2.50. The van der Waals surface area contributed by atoms with Crippen molar-refractivity contribution >= 4 is 11.6 Å². The average Bonchev–Trinajstić information content (AvgIpc) is 2.85. The highest BCUT2D eigenvalue weighted by Gasteiger charge is 2.08. The summed E-state index contributed by atoms with van der Waals surface area (Å²) in [4.78, 5) is 4.16. The molecule has 102 valence electrons. The number of rotatable bonds is 6. The first-order chi connectivity index (χ1) is 9.24. The summed E-state index contributed by atoms with van der Waals surface area (Å²) in [6.45, 7) is 3.09. The molecule has 0 aliphatic rings. The fraction of sp³-hybridized carbons (Fsp3) is 0.385. The van der Waals surface area contributed by atoms with E-state index >= 15 is 0 Å². The van der Waals surface area contributed by atoms with Gasteiger partial charge in [0.2, 0.25) is 0 Å². The Morgan fingerprint density at radius 2 is 2.26 bits per heavy atom. The third-order valence-corrected chi connectivity index (χ3v) is 2.92. The molecule has 0 spiro atoms. The van der Waals surface area contributed by atoms with E-state index in [2.05, 4.69) is 17.0 Å². The van der Waals surface area contributed by atoms with Gasteiger partial charge in [-0.3, -0.25) is 0 Å². The van der Waals surface area contributed by atoms with E-state index in [4.69, 9.17) is 16.3 Å². The number of aromatic nitrogens is 3. The molecule has 1 N–H and O–H groups in total. The molecule has 2 rings (SSSR count). The van der Waals surface area contributed by atoms with Gasteiger partial charge in [0.1, 0.15) is 18.7 Å². The van der Waals surface area contributed by atoms with Gasteiger partial charge in [-0.15, -0.1) is 0 Å². The molecule has 0 radical (unpaired) electrons. The van der Waals surface area contributed by atoms with Crippen LogP contribution in [0.3, 0.4) is 0 Å². The first kappa shape index (κ1) is 13.8. The Labute approximate surface area is 116 Å². The third-order valence-electron chi connectivity index (χ3n) is 2.68. The van der Waals surface area contributed by atoms with E-state index in [-0.39, 0.29) is 6.61 Å². The molecule has 0 fully saturated rings. The Hall–Kier alpha value is -1.59. The molecular weight excluding hydrogens is 266 g/mol. The lowest BCUT2D eigenvalue weighted by Crippen LogP contribution is -2.09. The van der Waals surface area contributed by atoms with Crippen LogP contribution >= 0.6 is 11.6 Å². The van der Waals surface area contributed by atoms with Crippen LogP contribution in [0, 0.1) is 0 Å². The number of aliphatic hydroxyl groups is 1.